The summed E-state index contributed by atoms with van der Waals surface area (Å²) in [6, 6.07) is 12.1. The second-order valence-electron chi connectivity index (χ2n) is 9.36. The van der Waals surface area contributed by atoms with Gasteiger partial charge in [0.15, 0.2) is 0 Å². The van der Waals surface area contributed by atoms with Crippen LogP contribution in [0.5, 0.6) is 0 Å². The van der Waals surface area contributed by atoms with Crippen LogP contribution in [0.4, 0.5) is 11.4 Å². The first-order valence-corrected chi connectivity index (χ1v) is 13.8. The van der Waals surface area contributed by atoms with Crippen LogP contribution in [0.2, 0.25) is 0 Å². The molecule has 0 bridgehead atoms. The Labute approximate surface area is 201 Å². The van der Waals surface area contributed by atoms with Gasteiger partial charge in [0.25, 0.3) is 5.91 Å². The lowest BCUT2D eigenvalue weighted by molar-refractivity contribution is -0.0440. The van der Waals surface area contributed by atoms with E-state index in [1.54, 1.807) is 32.9 Å². The lowest BCUT2D eigenvalue weighted by Gasteiger charge is -2.34. The van der Waals surface area contributed by atoms with Crippen LogP contribution in [0, 0.1) is 0 Å². The van der Waals surface area contributed by atoms with Crippen molar-refractivity contribution in [3.63, 3.8) is 0 Å². The molecule has 2 aromatic rings. The van der Waals surface area contributed by atoms with E-state index < -0.39 is 30.7 Å². The summed E-state index contributed by atoms with van der Waals surface area (Å²) in [5.41, 5.74) is 0.967. The highest BCUT2D eigenvalue weighted by Gasteiger charge is 2.32. The third kappa shape index (κ3) is 5.96. The molecule has 1 heterocycles. The first-order chi connectivity index (χ1) is 15.7. The summed E-state index contributed by atoms with van der Waals surface area (Å²) < 4.78 is 59.3. The number of benzene rings is 2. The fourth-order valence-electron chi connectivity index (χ4n) is 3.41. The zero-order chi connectivity index (χ0) is 25.3. The van der Waals surface area contributed by atoms with Crippen LogP contribution < -0.4 is 10.0 Å². The number of hydrogen-bond donors (Lipinski definition) is 2. The van der Waals surface area contributed by atoms with Gasteiger partial charge in [-0.05, 0) is 77.1 Å². The van der Waals surface area contributed by atoms with Gasteiger partial charge in [-0.2, -0.15) is 4.31 Å². The zero-order valence-corrected chi connectivity index (χ0v) is 21.5. The number of hydrogen-bond acceptors (Lipinski definition) is 6. The summed E-state index contributed by atoms with van der Waals surface area (Å²) >= 11 is 0. The molecule has 0 spiro atoms. The molecular formula is C23H31N3O6S2. The van der Waals surface area contributed by atoms with Crippen molar-refractivity contribution in [1.82, 2.24) is 4.31 Å². The number of anilines is 2. The zero-order valence-electron chi connectivity index (χ0n) is 19.9. The number of sulfonamides is 2. The van der Waals surface area contributed by atoms with E-state index in [0.717, 1.165) is 0 Å². The van der Waals surface area contributed by atoms with Crippen molar-refractivity contribution in [2.24, 2.45) is 0 Å². The normalized spacial score (nSPS) is 20.0. The predicted molar refractivity (Wildman–Crippen MR) is 132 cm³/mol. The molecule has 1 aliphatic rings. The lowest BCUT2D eigenvalue weighted by Crippen LogP contribution is -2.48. The van der Waals surface area contributed by atoms with Gasteiger partial charge in [-0.3, -0.25) is 9.52 Å². The van der Waals surface area contributed by atoms with Crippen LogP contribution in [0.15, 0.2) is 53.4 Å². The maximum absolute atomic E-state index is 13.1. The molecule has 0 radical (unpaired) electrons. The molecule has 3 rings (SSSR count). The van der Waals surface area contributed by atoms with Crippen molar-refractivity contribution in [2.75, 3.05) is 23.1 Å². The van der Waals surface area contributed by atoms with Crippen LogP contribution in [0.3, 0.4) is 0 Å². The van der Waals surface area contributed by atoms with Crippen molar-refractivity contribution in [3.8, 4) is 0 Å². The Bertz CT molecular complexity index is 1240. The molecule has 2 aromatic carbocycles. The smallest absolute Gasteiger partial charge is 0.255 e. The molecule has 0 aliphatic carbocycles. The van der Waals surface area contributed by atoms with Gasteiger partial charge in [-0.1, -0.05) is 6.07 Å². The minimum Gasteiger partial charge on any atom is -0.373 e. The van der Waals surface area contributed by atoms with Gasteiger partial charge in [0.05, 0.1) is 21.9 Å². The number of nitrogens with zero attached hydrogens (tertiary/aromatic N) is 1. The minimum atomic E-state index is -3.75. The quantitative estimate of drug-likeness (QED) is 0.616. The van der Waals surface area contributed by atoms with Crippen molar-refractivity contribution >= 4 is 37.3 Å². The largest absolute Gasteiger partial charge is 0.373 e. The predicted octanol–water partition coefficient (Wildman–Crippen LogP) is 3.28. The van der Waals surface area contributed by atoms with Crippen LogP contribution in [0.1, 0.15) is 45.0 Å². The van der Waals surface area contributed by atoms with E-state index in [1.807, 2.05) is 13.8 Å². The summed E-state index contributed by atoms with van der Waals surface area (Å²) in [6.45, 7) is 8.94. The number of rotatable bonds is 6. The lowest BCUT2D eigenvalue weighted by atomic mass is 10.2. The molecule has 1 saturated heterocycles. The maximum atomic E-state index is 13.1. The Morgan fingerprint density at radius 1 is 0.941 bits per heavy atom. The van der Waals surface area contributed by atoms with E-state index in [9.17, 15) is 21.6 Å². The topological polar surface area (TPSA) is 122 Å². The molecule has 9 nitrogen and oxygen atoms in total. The van der Waals surface area contributed by atoms with E-state index in [2.05, 4.69) is 10.0 Å². The average Bonchev–Trinajstić information content (AvgIpc) is 2.72. The molecule has 34 heavy (non-hydrogen) atoms. The fraction of sp³-hybridized carbons (Fsp3) is 0.435. The van der Waals surface area contributed by atoms with Gasteiger partial charge in [-0.25, -0.2) is 16.8 Å². The molecule has 11 heteroatoms. The highest BCUT2D eigenvalue weighted by molar-refractivity contribution is 7.94. The second-order valence-corrected chi connectivity index (χ2v) is 13.7. The Morgan fingerprint density at radius 2 is 1.53 bits per heavy atom. The first kappa shape index (κ1) is 26.1. The van der Waals surface area contributed by atoms with Gasteiger partial charge in [0, 0.05) is 30.0 Å². The van der Waals surface area contributed by atoms with E-state index in [-0.39, 0.29) is 30.2 Å². The Balaban J connectivity index is 1.73. The van der Waals surface area contributed by atoms with Gasteiger partial charge in [-0.15, -0.1) is 0 Å². The van der Waals surface area contributed by atoms with Crippen LogP contribution >= 0.6 is 0 Å². The molecule has 1 amide bonds. The molecule has 0 saturated carbocycles. The van der Waals surface area contributed by atoms with Crippen molar-refractivity contribution in [2.45, 2.75) is 56.5 Å². The molecule has 2 N–H and O–H groups in total. The van der Waals surface area contributed by atoms with Gasteiger partial charge < -0.3 is 10.1 Å². The third-order valence-corrected chi connectivity index (χ3v) is 9.27. The SMILES string of the molecule is CC1CN(S(=O)(=O)c2cccc(NC(=O)c3ccc(NS(=O)(=O)C(C)(C)C)cc3)c2)CC(C)O1. The standard InChI is InChI=1S/C23H31N3O6S2/c1-16-14-26(15-17(2)32-16)33(28,29)21-8-6-7-20(13-21)24-22(27)18-9-11-19(12-10-18)25-34(30,31)23(3,4)5/h6-13,16-17,25H,14-15H2,1-5H3,(H,24,27). The number of carbonyl (C=O) groups excluding carboxylic acids is 1. The van der Waals surface area contributed by atoms with Crippen molar-refractivity contribution in [3.05, 3.63) is 54.1 Å². The van der Waals surface area contributed by atoms with Crippen LogP contribution in [0.25, 0.3) is 0 Å². The molecule has 2 atom stereocenters. The highest BCUT2D eigenvalue weighted by Crippen LogP contribution is 2.24. The van der Waals surface area contributed by atoms with Gasteiger partial charge in [0.2, 0.25) is 20.0 Å². The van der Waals surface area contributed by atoms with E-state index in [4.69, 9.17) is 4.74 Å². The number of morpholine rings is 1. The summed E-state index contributed by atoms with van der Waals surface area (Å²) in [5.74, 6) is -0.451. The average molecular weight is 510 g/mol. The molecule has 1 aliphatic heterocycles. The molecule has 2 unspecified atom stereocenters. The molecular weight excluding hydrogens is 478 g/mol. The Hall–Kier alpha value is -2.47. The molecule has 186 valence electrons. The van der Waals surface area contributed by atoms with Crippen molar-refractivity contribution < 1.29 is 26.4 Å². The number of carbonyl (C=O) groups is 1. The Morgan fingerprint density at radius 3 is 2.09 bits per heavy atom. The summed E-state index contributed by atoms with van der Waals surface area (Å²) in [4.78, 5) is 12.8. The first-order valence-electron chi connectivity index (χ1n) is 10.9. The van der Waals surface area contributed by atoms with E-state index >= 15 is 0 Å². The Kier molecular flexibility index (Phi) is 7.42. The molecule has 1 fully saturated rings. The summed E-state index contributed by atoms with van der Waals surface area (Å²) in [6.07, 6.45) is -0.422. The van der Waals surface area contributed by atoms with Gasteiger partial charge in [0.1, 0.15) is 0 Å². The number of ether oxygens (including phenoxy) is 1. The molecule has 0 aromatic heterocycles. The van der Waals surface area contributed by atoms with Crippen LogP contribution in [-0.4, -0.2) is 57.1 Å². The highest BCUT2D eigenvalue weighted by atomic mass is 32.2. The summed E-state index contributed by atoms with van der Waals surface area (Å²) in [7, 11) is -7.34. The van der Waals surface area contributed by atoms with Gasteiger partial charge >= 0.3 is 0 Å². The monoisotopic (exact) mass is 509 g/mol. The van der Waals surface area contributed by atoms with E-state index in [0.29, 0.717) is 16.9 Å². The minimum absolute atomic E-state index is 0.0820. The number of nitrogens with one attached hydrogen (secondary N) is 2. The second kappa shape index (κ2) is 9.65. The third-order valence-electron chi connectivity index (χ3n) is 5.32. The van der Waals surface area contributed by atoms with Crippen molar-refractivity contribution in [1.29, 1.82) is 0 Å². The summed E-state index contributed by atoms with van der Waals surface area (Å²) in [5, 5.41) is 2.70. The number of amides is 1. The van der Waals surface area contributed by atoms with E-state index in [1.165, 1.54) is 40.7 Å². The maximum Gasteiger partial charge on any atom is 0.255 e. The van der Waals surface area contributed by atoms with Crippen LogP contribution in [-0.2, 0) is 24.8 Å². The fourth-order valence-corrected chi connectivity index (χ4v) is 5.80.